The van der Waals surface area contributed by atoms with Crippen LogP contribution in [0.3, 0.4) is 0 Å². The highest BCUT2D eigenvalue weighted by molar-refractivity contribution is 9.10. The molecule has 1 heterocycles. The molecule has 1 amide bonds. The molecule has 1 N–H and O–H groups in total. The molecule has 6 nitrogen and oxygen atoms in total. The van der Waals surface area contributed by atoms with Gasteiger partial charge in [-0.1, -0.05) is 12.1 Å². The molecule has 0 spiro atoms. The summed E-state index contributed by atoms with van der Waals surface area (Å²) in [7, 11) is 0. The number of pyridine rings is 1. The predicted octanol–water partition coefficient (Wildman–Crippen LogP) is 4.14. The van der Waals surface area contributed by atoms with Crippen LogP contribution in [-0.2, 0) is 0 Å². The van der Waals surface area contributed by atoms with Crippen molar-refractivity contribution >= 4 is 34.0 Å². The van der Waals surface area contributed by atoms with Crippen LogP contribution < -0.4 is 10.2 Å². The minimum Gasteiger partial charge on any atom is -0.423 e. The first kappa shape index (κ1) is 19.4. The largest absolute Gasteiger partial charge is 0.423 e. The number of hydrogen-bond acceptors (Lipinski definition) is 5. The van der Waals surface area contributed by atoms with Gasteiger partial charge in [0.15, 0.2) is 0 Å². The number of hydrogen-bond donors (Lipinski definition) is 1. The van der Waals surface area contributed by atoms with Crippen molar-refractivity contribution in [2.75, 3.05) is 0 Å². The van der Waals surface area contributed by atoms with Crippen LogP contribution in [0.5, 0.6) is 5.75 Å². The SMILES string of the molecule is Cc1ccc(C(=O)NN=Cc2ccc(OC(=O)c3ccccc3Br)cc2)cn1. The fourth-order valence-corrected chi connectivity index (χ4v) is 2.69. The minimum atomic E-state index is -0.451. The molecule has 0 saturated carbocycles. The highest BCUT2D eigenvalue weighted by Gasteiger charge is 2.11. The molecule has 2 aromatic carbocycles. The molecule has 0 fully saturated rings. The molecule has 0 atom stereocenters. The van der Waals surface area contributed by atoms with E-state index in [2.05, 4.69) is 31.4 Å². The van der Waals surface area contributed by atoms with Gasteiger partial charge in [-0.2, -0.15) is 5.10 Å². The molecule has 0 aliphatic carbocycles. The van der Waals surface area contributed by atoms with Crippen molar-refractivity contribution in [1.82, 2.24) is 10.4 Å². The first-order chi connectivity index (χ1) is 13.5. The highest BCUT2D eigenvalue weighted by atomic mass is 79.9. The number of aromatic nitrogens is 1. The quantitative estimate of drug-likeness (QED) is 0.281. The molecule has 7 heteroatoms. The van der Waals surface area contributed by atoms with Crippen molar-refractivity contribution in [3.63, 3.8) is 0 Å². The normalized spacial score (nSPS) is 10.6. The Morgan fingerprint density at radius 3 is 2.50 bits per heavy atom. The molecular weight excluding hydrogens is 422 g/mol. The van der Waals surface area contributed by atoms with Crippen LogP contribution in [0.15, 0.2) is 76.4 Å². The number of hydrazone groups is 1. The van der Waals surface area contributed by atoms with Gasteiger partial charge >= 0.3 is 5.97 Å². The molecule has 0 saturated heterocycles. The van der Waals surface area contributed by atoms with E-state index in [0.717, 1.165) is 11.3 Å². The summed E-state index contributed by atoms with van der Waals surface area (Å²) in [4.78, 5) is 28.2. The second-order valence-corrected chi connectivity index (χ2v) is 6.68. The molecule has 0 aliphatic rings. The van der Waals surface area contributed by atoms with Crippen molar-refractivity contribution in [2.24, 2.45) is 5.10 Å². The zero-order valence-corrected chi connectivity index (χ0v) is 16.5. The maximum atomic E-state index is 12.2. The van der Waals surface area contributed by atoms with Gasteiger partial charge in [0.1, 0.15) is 5.75 Å². The van der Waals surface area contributed by atoms with Gasteiger partial charge in [0.25, 0.3) is 5.91 Å². The molecular formula is C21H16BrN3O3. The minimum absolute atomic E-state index is 0.345. The molecule has 0 bridgehead atoms. The lowest BCUT2D eigenvalue weighted by Gasteiger charge is -2.06. The molecule has 3 aromatic rings. The predicted molar refractivity (Wildman–Crippen MR) is 110 cm³/mol. The van der Waals surface area contributed by atoms with Crippen LogP contribution >= 0.6 is 15.9 Å². The Morgan fingerprint density at radius 2 is 1.82 bits per heavy atom. The summed E-state index contributed by atoms with van der Waals surface area (Å²) in [6.45, 7) is 1.85. The summed E-state index contributed by atoms with van der Waals surface area (Å²) in [5, 5.41) is 3.92. The van der Waals surface area contributed by atoms with Gasteiger partial charge in [0.05, 0.1) is 17.3 Å². The summed E-state index contributed by atoms with van der Waals surface area (Å²) >= 11 is 3.33. The van der Waals surface area contributed by atoms with E-state index in [1.807, 2.05) is 13.0 Å². The maximum absolute atomic E-state index is 12.2. The van der Waals surface area contributed by atoms with Gasteiger partial charge in [0, 0.05) is 16.4 Å². The average Bonchev–Trinajstić information content (AvgIpc) is 2.70. The van der Waals surface area contributed by atoms with E-state index in [1.165, 1.54) is 12.4 Å². The first-order valence-corrected chi connectivity index (χ1v) is 9.15. The number of esters is 1. The van der Waals surface area contributed by atoms with Gasteiger partial charge in [-0.05, 0) is 76.9 Å². The summed E-state index contributed by atoms with van der Waals surface area (Å²) in [5.74, 6) is -0.386. The van der Waals surface area contributed by atoms with Gasteiger partial charge < -0.3 is 4.74 Å². The molecule has 3 rings (SSSR count). The van der Waals surface area contributed by atoms with Crippen molar-refractivity contribution in [3.05, 3.63) is 93.7 Å². The third-order valence-electron chi connectivity index (χ3n) is 3.74. The van der Waals surface area contributed by atoms with Crippen LogP contribution in [0, 0.1) is 6.92 Å². The maximum Gasteiger partial charge on any atom is 0.344 e. The monoisotopic (exact) mass is 437 g/mol. The number of amides is 1. The van der Waals surface area contributed by atoms with Gasteiger partial charge in [-0.3, -0.25) is 9.78 Å². The van der Waals surface area contributed by atoms with E-state index < -0.39 is 5.97 Å². The van der Waals surface area contributed by atoms with E-state index in [0.29, 0.717) is 21.3 Å². The van der Waals surface area contributed by atoms with Crippen molar-refractivity contribution < 1.29 is 14.3 Å². The van der Waals surface area contributed by atoms with Crippen LogP contribution in [0.25, 0.3) is 0 Å². The van der Waals surface area contributed by atoms with Gasteiger partial charge in [-0.25, -0.2) is 10.2 Å². The van der Waals surface area contributed by atoms with E-state index in [9.17, 15) is 9.59 Å². The van der Waals surface area contributed by atoms with E-state index in [-0.39, 0.29) is 5.91 Å². The van der Waals surface area contributed by atoms with Gasteiger partial charge in [0.2, 0.25) is 0 Å². The highest BCUT2D eigenvalue weighted by Crippen LogP contribution is 2.19. The number of nitrogens with zero attached hydrogens (tertiary/aromatic N) is 2. The van der Waals surface area contributed by atoms with E-state index in [1.54, 1.807) is 54.6 Å². The second kappa shape index (κ2) is 9.05. The average molecular weight is 438 g/mol. The molecule has 0 radical (unpaired) electrons. The zero-order valence-electron chi connectivity index (χ0n) is 14.9. The molecule has 0 aliphatic heterocycles. The van der Waals surface area contributed by atoms with E-state index in [4.69, 9.17) is 4.74 Å². The Bertz CT molecular complexity index is 1020. The Hall–Kier alpha value is -3.32. The lowest BCUT2D eigenvalue weighted by molar-refractivity contribution is 0.0733. The number of benzene rings is 2. The van der Waals surface area contributed by atoms with Crippen LogP contribution in [0.1, 0.15) is 32.0 Å². The summed E-state index contributed by atoms with van der Waals surface area (Å²) < 4.78 is 6.03. The summed E-state index contributed by atoms with van der Waals surface area (Å²) in [6.07, 6.45) is 2.99. The Kier molecular flexibility index (Phi) is 6.29. The number of aryl methyl sites for hydroxylation is 1. The number of ether oxygens (including phenoxy) is 1. The third-order valence-corrected chi connectivity index (χ3v) is 4.43. The lowest BCUT2D eigenvalue weighted by atomic mass is 10.2. The standard InChI is InChI=1S/C21H16BrN3O3/c1-14-6-9-16(13-23-14)20(26)25-24-12-15-7-10-17(11-8-15)28-21(27)18-4-2-3-5-19(18)22/h2-13H,1H3,(H,25,26). The van der Waals surface area contributed by atoms with Crippen molar-refractivity contribution in [3.8, 4) is 5.75 Å². The number of halogens is 1. The second-order valence-electron chi connectivity index (χ2n) is 5.83. The number of rotatable bonds is 5. The fourth-order valence-electron chi connectivity index (χ4n) is 2.24. The van der Waals surface area contributed by atoms with Gasteiger partial charge in [-0.15, -0.1) is 0 Å². The van der Waals surface area contributed by atoms with Crippen LogP contribution in [-0.4, -0.2) is 23.1 Å². The van der Waals surface area contributed by atoms with Crippen LogP contribution in [0.4, 0.5) is 0 Å². The fraction of sp³-hybridized carbons (Fsp3) is 0.0476. The molecule has 1 aromatic heterocycles. The number of nitrogens with one attached hydrogen (secondary N) is 1. The Labute approximate surface area is 170 Å². The smallest absolute Gasteiger partial charge is 0.344 e. The van der Waals surface area contributed by atoms with Crippen molar-refractivity contribution in [2.45, 2.75) is 6.92 Å². The number of carbonyl (C=O) groups excluding carboxylic acids is 2. The Morgan fingerprint density at radius 1 is 1.07 bits per heavy atom. The Balaban J connectivity index is 1.57. The first-order valence-electron chi connectivity index (χ1n) is 8.36. The molecule has 140 valence electrons. The van der Waals surface area contributed by atoms with E-state index >= 15 is 0 Å². The summed E-state index contributed by atoms with van der Waals surface area (Å²) in [6, 6.07) is 17.2. The third kappa shape index (κ3) is 5.11. The zero-order chi connectivity index (χ0) is 19.9. The van der Waals surface area contributed by atoms with Crippen LogP contribution in [0.2, 0.25) is 0 Å². The summed E-state index contributed by atoms with van der Waals surface area (Å²) in [5.41, 5.74) is 4.89. The topological polar surface area (TPSA) is 80.6 Å². The lowest BCUT2D eigenvalue weighted by Crippen LogP contribution is -2.17. The molecule has 0 unspecified atom stereocenters. The molecule has 28 heavy (non-hydrogen) atoms. The van der Waals surface area contributed by atoms with Crippen molar-refractivity contribution in [1.29, 1.82) is 0 Å². The number of carbonyl (C=O) groups is 2.